The largest absolute Gasteiger partial charge is 0.484 e. The van der Waals surface area contributed by atoms with E-state index in [4.69, 9.17) is 4.74 Å². The predicted molar refractivity (Wildman–Crippen MR) is 84.5 cm³/mol. The summed E-state index contributed by atoms with van der Waals surface area (Å²) in [6, 6.07) is 5.95. The van der Waals surface area contributed by atoms with Gasteiger partial charge in [-0.25, -0.2) is 0 Å². The number of likely N-dealkylation sites (N-methyl/N-ethyl adjacent to an activating group) is 1. The normalized spacial score (nSPS) is 17.0. The Morgan fingerprint density at radius 1 is 1.45 bits per heavy atom. The third kappa shape index (κ3) is 4.57. The molecule has 8 heteroatoms. The van der Waals surface area contributed by atoms with Crippen LogP contribution in [0.4, 0.5) is 5.69 Å². The Balaban J connectivity index is 0.00000242. The molecule has 1 amide bonds. The van der Waals surface area contributed by atoms with Crippen molar-refractivity contribution in [3.8, 4) is 5.75 Å². The summed E-state index contributed by atoms with van der Waals surface area (Å²) in [5.74, 6) is 0.407. The summed E-state index contributed by atoms with van der Waals surface area (Å²) in [7, 11) is 1.87. The lowest BCUT2D eigenvalue weighted by atomic mass is 10.2. The van der Waals surface area contributed by atoms with Crippen molar-refractivity contribution in [3.05, 3.63) is 34.4 Å². The molecule has 1 fully saturated rings. The average Bonchev–Trinajstić information content (AvgIpc) is 2.94. The average molecular weight is 330 g/mol. The van der Waals surface area contributed by atoms with E-state index < -0.39 is 4.92 Å². The SMILES string of the molecule is CNCC1CCCN1C(=O)COc1ccc([N+](=O)[O-])cc1.Cl. The molecule has 22 heavy (non-hydrogen) atoms. The number of non-ortho nitro benzene ring substituents is 1. The predicted octanol–water partition coefficient (Wildman–Crippen LogP) is 1.61. The fourth-order valence-corrected chi connectivity index (χ4v) is 2.50. The van der Waals surface area contributed by atoms with E-state index in [9.17, 15) is 14.9 Å². The van der Waals surface area contributed by atoms with Crippen molar-refractivity contribution in [2.75, 3.05) is 26.7 Å². The highest BCUT2D eigenvalue weighted by atomic mass is 35.5. The zero-order valence-corrected chi connectivity index (χ0v) is 13.2. The van der Waals surface area contributed by atoms with Gasteiger partial charge in [0.25, 0.3) is 11.6 Å². The van der Waals surface area contributed by atoms with Gasteiger partial charge in [-0.2, -0.15) is 0 Å². The quantitative estimate of drug-likeness (QED) is 0.633. The topological polar surface area (TPSA) is 84.7 Å². The van der Waals surface area contributed by atoms with Gasteiger partial charge >= 0.3 is 0 Å². The lowest BCUT2D eigenvalue weighted by Gasteiger charge is -2.24. The molecule has 7 nitrogen and oxygen atoms in total. The summed E-state index contributed by atoms with van der Waals surface area (Å²) in [6.07, 6.45) is 2.01. The van der Waals surface area contributed by atoms with Crippen LogP contribution in [-0.2, 0) is 4.79 Å². The zero-order valence-electron chi connectivity index (χ0n) is 12.4. The third-order valence-electron chi connectivity index (χ3n) is 3.55. The molecule has 0 aromatic heterocycles. The number of nitrogens with zero attached hydrogens (tertiary/aromatic N) is 2. The number of nitro groups is 1. The van der Waals surface area contributed by atoms with E-state index in [-0.39, 0.29) is 36.7 Å². The number of hydrogen-bond acceptors (Lipinski definition) is 5. The number of likely N-dealkylation sites (tertiary alicyclic amines) is 1. The van der Waals surface area contributed by atoms with Gasteiger partial charge in [-0.05, 0) is 32.0 Å². The smallest absolute Gasteiger partial charge is 0.269 e. The maximum Gasteiger partial charge on any atom is 0.269 e. The molecule has 0 radical (unpaired) electrons. The van der Waals surface area contributed by atoms with Crippen molar-refractivity contribution in [2.24, 2.45) is 0 Å². The molecule has 1 aliphatic rings. The summed E-state index contributed by atoms with van der Waals surface area (Å²) in [6.45, 7) is 1.50. The van der Waals surface area contributed by atoms with Crippen molar-refractivity contribution < 1.29 is 14.5 Å². The molecule has 0 aliphatic carbocycles. The Morgan fingerprint density at radius 3 is 2.73 bits per heavy atom. The first-order valence-corrected chi connectivity index (χ1v) is 6.93. The van der Waals surface area contributed by atoms with E-state index in [1.165, 1.54) is 24.3 Å². The summed E-state index contributed by atoms with van der Waals surface area (Å²) in [4.78, 5) is 24.1. The van der Waals surface area contributed by atoms with Gasteiger partial charge in [0, 0.05) is 31.3 Å². The van der Waals surface area contributed by atoms with Crippen LogP contribution in [0.2, 0.25) is 0 Å². The minimum Gasteiger partial charge on any atom is -0.484 e. The second-order valence-electron chi connectivity index (χ2n) is 4.98. The number of benzene rings is 1. The maximum atomic E-state index is 12.1. The molecule has 1 aliphatic heterocycles. The van der Waals surface area contributed by atoms with Crippen LogP contribution in [0.5, 0.6) is 5.75 Å². The van der Waals surface area contributed by atoms with E-state index in [2.05, 4.69) is 5.32 Å². The van der Waals surface area contributed by atoms with Gasteiger partial charge < -0.3 is 15.0 Å². The minimum atomic E-state index is -0.471. The van der Waals surface area contributed by atoms with Gasteiger partial charge in [0.05, 0.1) is 4.92 Å². The Bertz CT molecular complexity index is 509. The number of amides is 1. The summed E-state index contributed by atoms with van der Waals surface area (Å²) >= 11 is 0. The Labute approximate surface area is 135 Å². The lowest BCUT2D eigenvalue weighted by Crippen LogP contribution is -2.43. The second kappa shape index (κ2) is 8.55. The van der Waals surface area contributed by atoms with Gasteiger partial charge in [0.1, 0.15) is 5.75 Å². The molecule has 1 saturated heterocycles. The van der Waals surface area contributed by atoms with E-state index in [1.807, 2.05) is 11.9 Å². The number of nitrogens with one attached hydrogen (secondary N) is 1. The lowest BCUT2D eigenvalue weighted by molar-refractivity contribution is -0.384. The van der Waals surface area contributed by atoms with E-state index in [0.717, 1.165) is 25.9 Å². The van der Waals surface area contributed by atoms with Crippen molar-refractivity contribution in [3.63, 3.8) is 0 Å². The highest BCUT2D eigenvalue weighted by molar-refractivity contribution is 5.85. The summed E-state index contributed by atoms with van der Waals surface area (Å²) in [5.41, 5.74) is 0.00213. The monoisotopic (exact) mass is 329 g/mol. The number of carbonyl (C=O) groups is 1. The number of rotatable bonds is 6. The van der Waals surface area contributed by atoms with Crippen LogP contribution in [-0.4, -0.2) is 48.5 Å². The molecular weight excluding hydrogens is 310 g/mol. The highest BCUT2D eigenvalue weighted by Crippen LogP contribution is 2.19. The second-order valence-corrected chi connectivity index (χ2v) is 4.98. The van der Waals surface area contributed by atoms with Gasteiger partial charge in [-0.3, -0.25) is 14.9 Å². The van der Waals surface area contributed by atoms with Crippen LogP contribution in [0.25, 0.3) is 0 Å². The van der Waals surface area contributed by atoms with Crippen molar-refractivity contribution in [1.29, 1.82) is 0 Å². The van der Waals surface area contributed by atoms with Gasteiger partial charge in [0.2, 0.25) is 0 Å². The molecule has 0 bridgehead atoms. The molecule has 1 N–H and O–H groups in total. The first-order chi connectivity index (χ1) is 10.1. The maximum absolute atomic E-state index is 12.1. The fourth-order valence-electron chi connectivity index (χ4n) is 2.50. The molecule has 122 valence electrons. The van der Waals surface area contributed by atoms with Crippen LogP contribution < -0.4 is 10.1 Å². The molecule has 1 atom stereocenters. The van der Waals surface area contributed by atoms with Crippen molar-refractivity contribution in [2.45, 2.75) is 18.9 Å². The van der Waals surface area contributed by atoms with E-state index in [1.54, 1.807) is 0 Å². The van der Waals surface area contributed by atoms with Crippen LogP contribution >= 0.6 is 12.4 Å². The van der Waals surface area contributed by atoms with Crippen LogP contribution in [0, 0.1) is 10.1 Å². The van der Waals surface area contributed by atoms with Crippen LogP contribution in [0.1, 0.15) is 12.8 Å². The van der Waals surface area contributed by atoms with Gasteiger partial charge in [-0.1, -0.05) is 0 Å². The molecule has 1 unspecified atom stereocenters. The van der Waals surface area contributed by atoms with Crippen LogP contribution in [0.3, 0.4) is 0 Å². The van der Waals surface area contributed by atoms with Gasteiger partial charge in [0.15, 0.2) is 6.61 Å². The molecule has 1 aromatic rings. The highest BCUT2D eigenvalue weighted by Gasteiger charge is 2.28. The van der Waals surface area contributed by atoms with E-state index in [0.29, 0.717) is 5.75 Å². The Hall–Kier alpha value is -1.86. The van der Waals surface area contributed by atoms with Crippen LogP contribution in [0.15, 0.2) is 24.3 Å². The number of nitro benzene ring substituents is 1. The van der Waals surface area contributed by atoms with Gasteiger partial charge in [-0.15, -0.1) is 12.4 Å². The zero-order chi connectivity index (χ0) is 15.2. The standard InChI is InChI=1S/C14H19N3O4.ClH/c1-15-9-12-3-2-8-16(12)14(18)10-21-13-6-4-11(5-7-13)17(19)20;/h4-7,12,15H,2-3,8-10H2,1H3;1H. The molecule has 1 heterocycles. The van der Waals surface area contributed by atoms with Crippen molar-refractivity contribution >= 4 is 24.0 Å². The molecular formula is C14H20ClN3O4. The number of ether oxygens (including phenoxy) is 1. The molecule has 1 aromatic carbocycles. The number of carbonyl (C=O) groups excluding carboxylic acids is 1. The summed E-state index contributed by atoms with van der Waals surface area (Å²) < 4.78 is 5.41. The fraction of sp³-hybridized carbons (Fsp3) is 0.500. The minimum absolute atomic E-state index is 0. The van der Waals surface area contributed by atoms with E-state index >= 15 is 0 Å². The Morgan fingerprint density at radius 2 is 2.14 bits per heavy atom. The molecule has 0 spiro atoms. The first kappa shape index (κ1) is 18.2. The number of halogens is 1. The molecule has 0 saturated carbocycles. The number of hydrogen-bond donors (Lipinski definition) is 1. The van der Waals surface area contributed by atoms with Crippen molar-refractivity contribution in [1.82, 2.24) is 10.2 Å². The molecule has 2 rings (SSSR count). The first-order valence-electron chi connectivity index (χ1n) is 6.93. The summed E-state index contributed by atoms with van der Waals surface area (Å²) in [5, 5.41) is 13.6. The third-order valence-corrected chi connectivity index (χ3v) is 3.55. The Kier molecular flexibility index (Phi) is 7.07.